The van der Waals surface area contributed by atoms with Crippen molar-refractivity contribution in [1.82, 2.24) is 4.90 Å². The topological polar surface area (TPSA) is 59.5 Å². The number of fused-ring (bicyclic) bond motifs is 1. The van der Waals surface area contributed by atoms with E-state index in [1.807, 2.05) is 42.3 Å². The van der Waals surface area contributed by atoms with Crippen LogP contribution in [0.3, 0.4) is 0 Å². The zero-order valence-electron chi connectivity index (χ0n) is 11.7. The second-order valence-corrected chi connectivity index (χ2v) is 5.63. The zero-order chi connectivity index (χ0) is 14.1. The first-order chi connectivity index (χ1) is 9.65. The highest BCUT2D eigenvalue weighted by Gasteiger charge is 2.27. The summed E-state index contributed by atoms with van der Waals surface area (Å²) in [5.41, 5.74) is 6.67. The standard InChI is InChI=1S/C16H20N2O2/c1-18(13-8-6-12(17)7-9-13)16(19)15-10-11-4-2-3-5-14(11)20-15/h2-5,10,12-13H,6-9,17H2,1H3. The lowest BCUT2D eigenvalue weighted by Gasteiger charge is -2.33. The van der Waals surface area contributed by atoms with Gasteiger partial charge in [0.15, 0.2) is 5.76 Å². The van der Waals surface area contributed by atoms with Crippen molar-refractivity contribution in [3.05, 3.63) is 36.1 Å². The van der Waals surface area contributed by atoms with Crippen LogP contribution in [0.5, 0.6) is 0 Å². The fraction of sp³-hybridized carbons (Fsp3) is 0.438. The first kappa shape index (κ1) is 13.2. The molecule has 4 heteroatoms. The Balaban J connectivity index is 1.77. The van der Waals surface area contributed by atoms with Crippen LogP contribution in [-0.2, 0) is 0 Å². The van der Waals surface area contributed by atoms with Gasteiger partial charge in [0.25, 0.3) is 5.91 Å². The fourth-order valence-electron chi connectivity index (χ4n) is 2.92. The van der Waals surface area contributed by atoms with Crippen molar-refractivity contribution in [2.24, 2.45) is 5.73 Å². The Bertz CT molecular complexity index is 579. The molecule has 0 unspecified atom stereocenters. The van der Waals surface area contributed by atoms with Gasteiger partial charge in [-0.15, -0.1) is 0 Å². The number of hydrogen-bond acceptors (Lipinski definition) is 3. The van der Waals surface area contributed by atoms with E-state index in [1.165, 1.54) is 0 Å². The molecule has 20 heavy (non-hydrogen) atoms. The molecule has 1 aliphatic rings. The Kier molecular flexibility index (Phi) is 3.49. The highest BCUT2D eigenvalue weighted by atomic mass is 16.3. The molecular weight excluding hydrogens is 252 g/mol. The maximum Gasteiger partial charge on any atom is 0.289 e. The van der Waals surface area contributed by atoms with Gasteiger partial charge in [0.05, 0.1) is 0 Å². The van der Waals surface area contributed by atoms with Crippen LogP contribution in [0.2, 0.25) is 0 Å². The van der Waals surface area contributed by atoms with Gasteiger partial charge in [-0.25, -0.2) is 0 Å². The molecule has 1 aliphatic carbocycles. The second-order valence-electron chi connectivity index (χ2n) is 5.63. The molecule has 3 rings (SSSR count). The monoisotopic (exact) mass is 272 g/mol. The number of nitrogens with two attached hydrogens (primary N) is 1. The van der Waals surface area contributed by atoms with Crippen LogP contribution in [0.1, 0.15) is 36.2 Å². The number of furan rings is 1. The predicted octanol–water partition coefficient (Wildman–Crippen LogP) is 2.77. The lowest BCUT2D eigenvalue weighted by Crippen LogP contribution is -2.41. The Labute approximate surface area is 118 Å². The van der Waals surface area contributed by atoms with Crippen LogP contribution in [-0.4, -0.2) is 29.9 Å². The molecule has 1 aromatic carbocycles. The molecule has 1 amide bonds. The Hall–Kier alpha value is -1.81. The van der Waals surface area contributed by atoms with E-state index in [0.717, 1.165) is 36.7 Å². The van der Waals surface area contributed by atoms with Crippen LogP contribution >= 0.6 is 0 Å². The summed E-state index contributed by atoms with van der Waals surface area (Å²) in [5.74, 6) is 0.380. The number of carbonyl (C=O) groups excluding carboxylic acids is 1. The molecule has 1 fully saturated rings. The van der Waals surface area contributed by atoms with E-state index >= 15 is 0 Å². The summed E-state index contributed by atoms with van der Waals surface area (Å²) < 4.78 is 5.65. The fourth-order valence-corrected chi connectivity index (χ4v) is 2.92. The van der Waals surface area contributed by atoms with E-state index in [0.29, 0.717) is 11.8 Å². The van der Waals surface area contributed by atoms with Gasteiger partial charge in [0.1, 0.15) is 5.58 Å². The summed E-state index contributed by atoms with van der Waals surface area (Å²) in [4.78, 5) is 14.3. The number of para-hydroxylation sites is 1. The molecule has 0 atom stereocenters. The van der Waals surface area contributed by atoms with Crippen LogP contribution in [0.25, 0.3) is 11.0 Å². The maximum atomic E-state index is 12.5. The molecule has 0 spiro atoms. The maximum absolute atomic E-state index is 12.5. The van der Waals surface area contributed by atoms with Crippen molar-refractivity contribution in [3.63, 3.8) is 0 Å². The minimum atomic E-state index is -0.0401. The van der Waals surface area contributed by atoms with Gasteiger partial charge >= 0.3 is 0 Å². The predicted molar refractivity (Wildman–Crippen MR) is 78.5 cm³/mol. The molecule has 0 radical (unpaired) electrons. The first-order valence-electron chi connectivity index (χ1n) is 7.16. The largest absolute Gasteiger partial charge is 0.451 e. The average Bonchev–Trinajstić information content (AvgIpc) is 2.90. The van der Waals surface area contributed by atoms with E-state index < -0.39 is 0 Å². The summed E-state index contributed by atoms with van der Waals surface area (Å²) in [7, 11) is 1.86. The van der Waals surface area contributed by atoms with Gasteiger partial charge in [-0.3, -0.25) is 4.79 Å². The molecule has 0 bridgehead atoms. The van der Waals surface area contributed by atoms with Crippen LogP contribution < -0.4 is 5.73 Å². The number of benzene rings is 1. The third-order valence-electron chi connectivity index (χ3n) is 4.25. The lowest BCUT2D eigenvalue weighted by atomic mass is 9.91. The molecule has 0 saturated heterocycles. The van der Waals surface area contributed by atoms with Gasteiger partial charge in [0.2, 0.25) is 0 Å². The number of nitrogens with zero attached hydrogens (tertiary/aromatic N) is 1. The SMILES string of the molecule is CN(C(=O)c1cc2ccccc2o1)C1CCC(N)CC1. The molecule has 4 nitrogen and oxygen atoms in total. The number of carbonyl (C=O) groups is 1. The van der Waals surface area contributed by atoms with Crippen molar-refractivity contribution < 1.29 is 9.21 Å². The third kappa shape index (κ3) is 2.43. The summed E-state index contributed by atoms with van der Waals surface area (Å²) >= 11 is 0. The van der Waals surface area contributed by atoms with Crippen molar-refractivity contribution in [1.29, 1.82) is 0 Å². The zero-order valence-corrected chi connectivity index (χ0v) is 11.7. The van der Waals surface area contributed by atoms with E-state index in [9.17, 15) is 4.79 Å². The Morgan fingerprint density at radius 3 is 2.65 bits per heavy atom. The third-order valence-corrected chi connectivity index (χ3v) is 4.25. The van der Waals surface area contributed by atoms with Crippen molar-refractivity contribution in [2.45, 2.75) is 37.8 Å². The molecule has 2 N–H and O–H groups in total. The van der Waals surface area contributed by atoms with Gasteiger partial charge in [-0.2, -0.15) is 0 Å². The quantitative estimate of drug-likeness (QED) is 0.914. The van der Waals surface area contributed by atoms with Crippen LogP contribution in [0.15, 0.2) is 34.7 Å². The summed E-state index contributed by atoms with van der Waals surface area (Å²) in [6.07, 6.45) is 3.93. The van der Waals surface area contributed by atoms with Crippen LogP contribution in [0, 0.1) is 0 Å². The Morgan fingerprint density at radius 2 is 1.95 bits per heavy atom. The van der Waals surface area contributed by atoms with Crippen LogP contribution in [0.4, 0.5) is 0 Å². The van der Waals surface area contributed by atoms with E-state index in [1.54, 1.807) is 0 Å². The van der Waals surface area contributed by atoms with Gasteiger partial charge in [0, 0.05) is 24.5 Å². The first-order valence-corrected chi connectivity index (χ1v) is 7.16. The molecule has 1 saturated carbocycles. The summed E-state index contributed by atoms with van der Waals surface area (Å²) in [6.45, 7) is 0. The van der Waals surface area contributed by atoms with E-state index in [4.69, 9.17) is 10.2 Å². The number of hydrogen-bond donors (Lipinski definition) is 1. The second kappa shape index (κ2) is 5.29. The number of amides is 1. The smallest absolute Gasteiger partial charge is 0.289 e. The summed E-state index contributed by atoms with van der Waals surface area (Å²) in [5, 5.41) is 0.968. The average molecular weight is 272 g/mol. The van der Waals surface area contributed by atoms with Crippen molar-refractivity contribution in [2.75, 3.05) is 7.05 Å². The van der Waals surface area contributed by atoms with Gasteiger partial charge in [-0.05, 0) is 37.8 Å². The Morgan fingerprint density at radius 1 is 1.25 bits per heavy atom. The number of rotatable bonds is 2. The molecule has 1 heterocycles. The summed E-state index contributed by atoms with van der Waals surface area (Å²) in [6, 6.07) is 10.1. The van der Waals surface area contributed by atoms with E-state index in [-0.39, 0.29) is 11.9 Å². The molecule has 0 aliphatic heterocycles. The van der Waals surface area contributed by atoms with Gasteiger partial charge < -0.3 is 15.1 Å². The lowest BCUT2D eigenvalue weighted by molar-refractivity contribution is 0.0660. The molecule has 106 valence electrons. The van der Waals surface area contributed by atoms with Crippen molar-refractivity contribution >= 4 is 16.9 Å². The normalized spacial score (nSPS) is 22.9. The highest BCUT2D eigenvalue weighted by molar-refractivity contribution is 5.96. The minimum absolute atomic E-state index is 0.0401. The van der Waals surface area contributed by atoms with E-state index in [2.05, 4.69) is 0 Å². The highest BCUT2D eigenvalue weighted by Crippen LogP contribution is 2.24. The van der Waals surface area contributed by atoms with Gasteiger partial charge in [-0.1, -0.05) is 18.2 Å². The van der Waals surface area contributed by atoms with Crippen molar-refractivity contribution in [3.8, 4) is 0 Å². The molecule has 2 aromatic rings. The minimum Gasteiger partial charge on any atom is -0.451 e. The molecule has 1 aromatic heterocycles. The molecular formula is C16H20N2O2.